The average molecular weight is 432 g/mol. The fraction of sp³-hybridized carbons (Fsp3) is 0.609. The monoisotopic (exact) mass is 431 g/mol. The summed E-state index contributed by atoms with van der Waals surface area (Å²) < 4.78 is 0. The van der Waals surface area contributed by atoms with Crippen molar-refractivity contribution in [2.45, 2.75) is 47.1 Å². The lowest BCUT2D eigenvalue weighted by Crippen LogP contribution is -2.53. The Labute approximate surface area is 185 Å². The number of nitrogens with one attached hydrogen (secondary N) is 3. The van der Waals surface area contributed by atoms with Crippen LogP contribution >= 0.6 is 0 Å². The molecule has 8 heteroatoms. The number of benzene rings is 1. The molecule has 8 nitrogen and oxygen atoms in total. The Balaban J connectivity index is 1.69. The summed E-state index contributed by atoms with van der Waals surface area (Å²) in [6, 6.07) is 4.04. The van der Waals surface area contributed by atoms with Crippen molar-refractivity contribution in [3.63, 3.8) is 0 Å². The molecule has 3 amide bonds. The molecule has 0 radical (unpaired) electrons. The van der Waals surface area contributed by atoms with E-state index in [9.17, 15) is 14.4 Å². The summed E-state index contributed by atoms with van der Waals surface area (Å²) in [5.41, 5.74) is 3.73. The van der Waals surface area contributed by atoms with Crippen molar-refractivity contribution < 1.29 is 14.4 Å². The minimum Gasteiger partial charge on any atom is -0.350 e. The van der Waals surface area contributed by atoms with Crippen molar-refractivity contribution in [3.05, 3.63) is 28.8 Å². The first-order valence-corrected chi connectivity index (χ1v) is 10.8. The van der Waals surface area contributed by atoms with Gasteiger partial charge in [0, 0.05) is 37.4 Å². The van der Waals surface area contributed by atoms with Gasteiger partial charge in [0.25, 0.3) is 0 Å². The van der Waals surface area contributed by atoms with E-state index in [1.165, 1.54) is 0 Å². The quantitative estimate of drug-likeness (QED) is 0.603. The van der Waals surface area contributed by atoms with Crippen LogP contribution in [-0.4, -0.2) is 78.9 Å². The fourth-order valence-electron chi connectivity index (χ4n) is 3.77. The number of hydrogen-bond donors (Lipinski definition) is 3. The molecular formula is C23H37N5O3. The Morgan fingerprint density at radius 3 is 1.81 bits per heavy atom. The molecule has 1 saturated heterocycles. The van der Waals surface area contributed by atoms with Crippen LogP contribution in [0.5, 0.6) is 0 Å². The molecule has 1 aromatic carbocycles. The van der Waals surface area contributed by atoms with Gasteiger partial charge in [0.1, 0.15) is 0 Å². The third kappa shape index (κ3) is 8.67. The van der Waals surface area contributed by atoms with E-state index in [0.29, 0.717) is 19.6 Å². The summed E-state index contributed by atoms with van der Waals surface area (Å²) >= 11 is 0. The number of rotatable bonds is 7. The predicted octanol–water partition coefficient (Wildman–Crippen LogP) is 1.20. The number of hydrogen-bond acceptors (Lipinski definition) is 5. The van der Waals surface area contributed by atoms with Gasteiger partial charge in [0.15, 0.2) is 0 Å². The molecule has 1 aromatic rings. The van der Waals surface area contributed by atoms with Gasteiger partial charge in [-0.3, -0.25) is 24.2 Å². The lowest BCUT2D eigenvalue weighted by molar-refractivity contribution is -0.126. The van der Waals surface area contributed by atoms with Gasteiger partial charge in [-0.1, -0.05) is 17.7 Å². The number of aryl methyl sites for hydroxylation is 3. The highest BCUT2D eigenvalue weighted by atomic mass is 16.2. The van der Waals surface area contributed by atoms with Crippen LogP contribution in [0.2, 0.25) is 0 Å². The summed E-state index contributed by atoms with van der Waals surface area (Å²) in [4.78, 5) is 40.7. The van der Waals surface area contributed by atoms with E-state index in [1.54, 1.807) is 0 Å². The lowest BCUT2D eigenvalue weighted by atomic mass is 10.1. The van der Waals surface area contributed by atoms with Crippen molar-refractivity contribution in [2.24, 2.45) is 0 Å². The van der Waals surface area contributed by atoms with E-state index in [2.05, 4.69) is 20.9 Å². The topological polar surface area (TPSA) is 93.8 Å². The fourth-order valence-corrected chi connectivity index (χ4v) is 3.77. The second kappa shape index (κ2) is 10.7. The molecule has 2 rings (SSSR count). The third-order valence-corrected chi connectivity index (χ3v) is 5.10. The van der Waals surface area contributed by atoms with Crippen LogP contribution in [0.15, 0.2) is 12.1 Å². The summed E-state index contributed by atoms with van der Waals surface area (Å²) in [6.45, 7) is 15.3. The average Bonchev–Trinajstić information content (AvgIpc) is 2.63. The summed E-state index contributed by atoms with van der Waals surface area (Å²) in [5, 5.41) is 8.56. The van der Waals surface area contributed by atoms with E-state index >= 15 is 0 Å². The van der Waals surface area contributed by atoms with Gasteiger partial charge < -0.3 is 16.0 Å². The van der Waals surface area contributed by atoms with Gasteiger partial charge in [0.05, 0.1) is 19.6 Å². The molecular weight excluding hydrogens is 394 g/mol. The summed E-state index contributed by atoms with van der Waals surface area (Å²) in [7, 11) is 0. The molecule has 0 aliphatic carbocycles. The minimum atomic E-state index is -0.238. The molecule has 0 atom stereocenters. The molecule has 31 heavy (non-hydrogen) atoms. The first kappa shape index (κ1) is 24.8. The number of amides is 3. The maximum atomic E-state index is 12.3. The number of carbonyl (C=O) groups is 3. The largest absolute Gasteiger partial charge is 0.350 e. The Hall–Kier alpha value is -2.45. The first-order chi connectivity index (χ1) is 14.4. The molecule has 0 saturated carbocycles. The molecule has 0 aromatic heterocycles. The molecule has 1 heterocycles. The molecule has 0 spiro atoms. The molecule has 3 N–H and O–H groups in total. The Morgan fingerprint density at radius 2 is 1.32 bits per heavy atom. The lowest BCUT2D eigenvalue weighted by Gasteiger charge is -2.34. The zero-order valence-corrected chi connectivity index (χ0v) is 19.7. The number of piperazine rings is 1. The zero-order chi connectivity index (χ0) is 23.2. The van der Waals surface area contributed by atoms with Gasteiger partial charge >= 0.3 is 0 Å². The van der Waals surface area contributed by atoms with Crippen molar-refractivity contribution in [1.82, 2.24) is 20.4 Å². The van der Waals surface area contributed by atoms with Gasteiger partial charge in [0.2, 0.25) is 17.7 Å². The molecule has 1 aliphatic heterocycles. The maximum Gasteiger partial charge on any atom is 0.243 e. The minimum absolute atomic E-state index is 0.0174. The molecule has 1 fully saturated rings. The van der Waals surface area contributed by atoms with Gasteiger partial charge in [-0.15, -0.1) is 0 Å². The number of anilines is 1. The molecule has 1 aliphatic rings. The Morgan fingerprint density at radius 1 is 0.839 bits per heavy atom. The highest BCUT2D eigenvalue weighted by Gasteiger charge is 2.22. The standard InChI is InChI=1S/C23H37N5O3/c1-16-11-17(2)22(18(3)12-16)25-19(29)13-24-20(30)14-27-7-9-28(10-8-27)15-21(31)26-23(4,5)6/h11-12H,7-10,13-15H2,1-6H3,(H,24,30)(H,25,29)(H,26,31). The highest BCUT2D eigenvalue weighted by molar-refractivity contribution is 5.96. The van der Waals surface area contributed by atoms with Gasteiger partial charge in [-0.05, 0) is 52.7 Å². The smallest absolute Gasteiger partial charge is 0.243 e. The Bertz CT molecular complexity index is 785. The van der Waals surface area contributed by atoms with Crippen LogP contribution in [0, 0.1) is 20.8 Å². The van der Waals surface area contributed by atoms with E-state index in [0.717, 1.165) is 35.5 Å². The normalized spacial score (nSPS) is 15.4. The van der Waals surface area contributed by atoms with Crippen molar-refractivity contribution in [1.29, 1.82) is 0 Å². The highest BCUT2D eigenvalue weighted by Crippen LogP contribution is 2.21. The second-order valence-electron chi connectivity index (χ2n) is 9.45. The second-order valence-corrected chi connectivity index (χ2v) is 9.45. The number of carbonyl (C=O) groups excluding carboxylic acids is 3. The van der Waals surface area contributed by atoms with Gasteiger partial charge in [-0.2, -0.15) is 0 Å². The SMILES string of the molecule is Cc1cc(C)c(NC(=O)CNC(=O)CN2CCN(CC(=O)NC(C)(C)C)CC2)c(C)c1. The van der Waals surface area contributed by atoms with Crippen molar-refractivity contribution in [3.8, 4) is 0 Å². The van der Waals surface area contributed by atoms with E-state index in [4.69, 9.17) is 0 Å². The zero-order valence-electron chi connectivity index (χ0n) is 19.7. The molecule has 0 unspecified atom stereocenters. The van der Waals surface area contributed by atoms with Crippen LogP contribution in [0.25, 0.3) is 0 Å². The Kier molecular flexibility index (Phi) is 8.59. The van der Waals surface area contributed by atoms with Crippen molar-refractivity contribution in [2.75, 3.05) is 51.1 Å². The van der Waals surface area contributed by atoms with Crippen LogP contribution < -0.4 is 16.0 Å². The predicted molar refractivity (Wildman–Crippen MR) is 123 cm³/mol. The molecule has 0 bridgehead atoms. The van der Waals surface area contributed by atoms with Crippen LogP contribution in [-0.2, 0) is 14.4 Å². The van der Waals surface area contributed by atoms with Crippen molar-refractivity contribution >= 4 is 23.4 Å². The maximum absolute atomic E-state index is 12.3. The van der Waals surface area contributed by atoms with Crippen LogP contribution in [0.4, 0.5) is 5.69 Å². The van der Waals surface area contributed by atoms with Crippen LogP contribution in [0.3, 0.4) is 0 Å². The van der Waals surface area contributed by atoms with E-state index in [1.807, 2.05) is 58.6 Å². The summed E-state index contributed by atoms with van der Waals surface area (Å²) in [5.74, 6) is -0.395. The van der Waals surface area contributed by atoms with E-state index < -0.39 is 0 Å². The van der Waals surface area contributed by atoms with Crippen LogP contribution in [0.1, 0.15) is 37.5 Å². The first-order valence-electron chi connectivity index (χ1n) is 10.8. The summed E-state index contributed by atoms with van der Waals surface area (Å²) in [6.07, 6.45) is 0. The number of nitrogens with zero attached hydrogens (tertiary/aromatic N) is 2. The third-order valence-electron chi connectivity index (χ3n) is 5.10. The van der Waals surface area contributed by atoms with Gasteiger partial charge in [-0.25, -0.2) is 0 Å². The van der Waals surface area contributed by atoms with E-state index in [-0.39, 0.29) is 36.3 Å². The molecule has 172 valence electrons.